The quantitative estimate of drug-likeness (QED) is 0.890. The van der Waals surface area contributed by atoms with E-state index < -0.39 is 0 Å². The second-order valence-electron chi connectivity index (χ2n) is 5.08. The van der Waals surface area contributed by atoms with Gasteiger partial charge in [0.1, 0.15) is 0 Å². The lowest BCUT2D eigenvalue weighted by atomic mass is 9.72. The monoisotopic (exact) mass is 267 g/mol. The number of morpholine rings is 1. The lowest BCUT2D eigenvalue weighted by Crippen LogP contribution is -2.63. The van der Waals surface area contributed by atoms with Crippen LogP contribution in [0.3, 0.4) is 0 Å². The molecule has 104 valence electrons. The van der Waals surface area contributed by atoms with Gasteiger partial charge >= 0.3 is 0 Å². The summed E-state index contributed by atoms with van der Waals surface area (Å²) in [5.41, 5.74) is 0.758. The van der Waals surface area contributed by atoms with Crippen molar-refractivity contribution in [2.45, 2.75) is 11.5 Å². The maximum atomic E-state index is 13.9. The minimum Gasteiger partial charge on any atom is -0.494 e. The number of rotatable bonds is 3. The molecular formula is C14H18FNO3. The largest absolute Gasteiger partial charge is 0.494 e. The zero-order valence-corrected chi connectivity index (χ0v) is 10.9. The number of hydrogen-bond acceptors (Lipinski definition) is 4. The molecule has 5 heteroatoms. The van der Waals surface area contributed by atoms with Crippen LogP contribution in [0.15, 0.2) is 18.2 Å². The van der Waals surface area contributed by atoms with E-state index in [1.54, 1.807) is 12.1 Å². The van der Waals surface area contributed by atoms with Crippen LogP contribution in [0.25, 0.3) is 0 Å². The molecule has 0 bridgehead atoms. The van der Waals surface area contributed by atoms with Gasteiger partial charge in [0.2, 0.25) is 0 Å². The Hall–Kier alpha value is -1.17. The fourth-order valence-corrected chi connectivity index (χ4v) is 2.79. The molecule has 0 radical (unpaired) electrons. The number of nitrogens with one attached hydrogen (secondary N) is 1. The van der Waals surface area contributed by atoms with Crippen LogP contribution in [-0.4, -0.2) is 46.1 Å². The fraction of sp³-hybridized carbons (Fsp3) is 0.571. The number of benzene rings is 1. The zero-order valence-electron chi connectivity index (χ0n) is 10.9. The molecule has 1 unspecified atom stereocenters. The molecule has 0 aliphatic carbocycles. The Bertz CT molecular complexity index is 456. The van der Waals surface area contributed by atoms with Gasteiger partial charge in [0.15, 0.2) is 11.6 Å². The van der Waals surface area contributed by atoms with E-state index >= 15 is 0 Å². The van der Waals surface area contributed by atoms with Crippen LogP contribution in [0.5, 0.6) is 5.75 Å². The number of halogens is 1. The summed E-state index contributed by atoms with van der Waals surface area (Å²) < 4.78 is 29.8. The summed E-state index contributed by atoms with van der Waals surface area (Å²) in [6.07, 6.45) is 0. The third-order valence-electron chi connectivity index (χ3n) is 4.03. The molecule has 1 aromatic carbocycles. The Morgan fingerprint density at radius 2 is 2.21 bits per heavy atom. The van der Waals surface area contributed by atoms with Crippen molar-refractivity contribution in [2.24, 2.45) is 0 Å². The maximum Gasteiger partial charge on any atom is 0.165 e. The Balaban J connectivity index is 1.90. The van der Waals surface area contributed by atoms with E-state index in [0.29, 0.717) is 19.8 Å². The lowest BCUT2D eigenvalue weighted by Gasteiger charge is -2.49. The molecule has 2 aliphatic rings. The molecule has 3 rings (SSSR count). The second kappa shape index (κ2) is 5.07. The van der Waals surface area contributed by atoms with Crippen molar-refractivity contribution in [2.75, 3.05) is 40.1 Å². The molecule has 0 amide bonds. The number of hydrogen-bond donors (Lipinski definition) is 1. The average Bonchev–Trinajstić information content (AvgIpc) is 2.39. The van der Waals surface area contributed by atoms with Crippen molar-refractivity contribution in [3.63, 3.8) is 0 Å². The smallest absolute Gasteiger partial charge is 0.165 e. The van der Waals surface area contributed by atoms with Crippen LogP contribution in [0.4, 0.5) is 4.39 Å². The Morgan fingerprint density at radius 3 is 2.74 bits per heavy atom. The third-order valence-corrected chi connectivity index (χ3v) is 4.03. The average molecular weight is 267 g/mol. The highest BCUT2D eigenvalue weighted by atomic mass is 19.1. The number of ether oxygens (including phenoxy) is 3. The lowest BCUT2D eigenvalue weighted by molar-refractivity contribution is -0.101. The van der Waals surface area contributed by atoms with Crippen LogP contribution in [0, 0.1) is 5.82 Å². The molecule has 2 aliphatic heterocycles. The Morgan fingerprint density at radius 1 is 1.37 bits per heavy atom. The van der Waals surface area contributed by atoms with Crippen molar-refractivity contribution in [1.29, 1.82) is 0 Å². The van der Waals surface area contributed by atoms with Gasteiger partial charge in [-0.2, -0.15) is 0 Å². The first kappa shape index (κ1) is 12.8. The van der Waals surface area contributed by atoms with E-state index in [2.05, 4.69) is 5.32 Å². The van der Waals surface area contributed by atoms with Gasteiger partial charge in [-0.05, 0) is 17.7 Å². The van der Waals surface area contributed by atoms with E-state index in [4.69, 9.17) is 14.2 Å². The molecule has 0 spiro atoms. The minimum absolute atomic E-state index is 0.169. The first-order valence-electron chi connectivity index (χ1n) is 6.49. The molecular weight excluding hydrogens is 249 g/mol. The summed E-state index contributed by atoms with van der Waals surface area (Å²) in [5, 5.41) is 3.45. The van der Waals surface area contributed by atoms with E-state index in [1.807, 2.05) is 6.07 Å². The Kier molecular flexibility index (Phi) is 3.43. The summed E-state index contributed by atoms with van der Waals surface area (Å²) in [7, 11) is 1.47. The van der Waals surface area contributed by atoms with E-state index in [9.17, 15) is 4.39 Å². The van der Waals surface area contributed by atoms with Gasteiger partial charge in [-0.15, -0.1) is 0 Å². The molecule has 0 aromatic heterocycles. The molecule has 1 aromatic rings. The van der Waals surface area contributed by atoms with Gasteiger partial charge < -0.3 is 19.5 Å². The van der Waals surface area contributed by atoms with E-state index in [1.165, 1.54) is 7.11 Å². The fourth-order valence-electron chi connectivity index (χ4n) is 2.79. The maximum absolute atomic E-state index is 13.9. The highest BCUT2D eigenvalue weighted by Gasteiger charge is 2.48. The predicted molar refractivity (Wildman–Crippen MR) is 68.1 cm³/mol. The molecule has 2 saturated heterocycles. The highest BCUT2D eigenvalue weighted by Crippen LogP contribution is 2.38. The zero-order chi connectivity index (χ0) is 13.3. The van der Waals surface area contributed by atoms with Crippen molar-refractivity contribution >= 4 is 0 Å². The number of methoxy groups -OCH3 is 1. The summed E-state index contributed by atoms with van der Waals surface area (Å²) in [6.45, 7) is 3.38. The molecule has 2 fully saturated rings. The van der Waals surface area contributed by atoms with Gasteiger partial charge in [0.25, 0.3) is 0 Å². The van der Waals surface area contributed by atoms with Crippen molar-refractivity contribution in [3.05, 3.63) is 29.6 Å². The predicted octanol–water partition coefficient (Wildman–Crippen LogP) is 1.09. The topological polar surface area (TPSA) is 39.7 Å². The first-order chi connectivity index (χ1) is 9.26. The SMILES string of the molecule is COc1ccc(C2(C3COCCN3)COC2)cc1F. The van der Waals surface area contributed by atoms with Crippen LogP contribution < -0.4 is 10.1 Å². The molecule has 0 saturated carbocycles. The normalized spacial score (nSPS) is 25.7. The van der Waals surface area contributed by atoms with Crippen LogP contribution in [-0.2, 0) is 14.9 Å². The van der Waals surface area contributed by atoms with Gasteiger partial charge in [-0.1, -0.05) is 6.07 Å². The van der Waals surface area contributed by atoms with Crippen LogP contribution >= 0.6 is 0 Å². The summed E-state index contributed by atoms with van der Waals surface area (Å²) in [6, 6.07) is 5.31. The van der Waals surface area contributed by atoms with Gasteiger partial charge in [-0.3, -0.25) is 0 Å². The van der Waals surface area contributed by atoms with Crippen LogP contribution in [0.2, 0.25) is 0 Å². The van der Waals surface area contributed by atoms with Gasteiger partial charge in [0, 0.05) is 12.6 Å². The van der Waals surface area contributed by atoms with Crippen molar-refractivity contribution in [1.82, 2.24) is 5.32 Å². The summed E-state index contributed by atoms with van der Waals surface area (Å²) >= 11 is 0. The third kappa shape index (κ3) is 2.12. The van der Waals surface area contributed by atoms with Gasteiger partial charge in [0.05, 0.1) is 39.0 Å². The van der Waals surface area contributed by atoms with Crippen molar-refractivity contribution in [3.8, 4) is 5.75 Å². The second-order valence-corrected chi connectivity index (χ2v) is 5.08. The standard InChI is InChI=1S/C14H18FNO3/c1-17-12-3-2-10(6-11(12)15)14(8-19-9-14)13-7-18-5-4-16-13/h2-3,6,13,16H,4-5,7-9H2,1H3. The molecule has 4 nitrogen and oxygen atoms in total. The minimum atomic E-state index is -0.331. The summed E-state index contributed by atoms with van der Waals surface area (Å²) in [5.74, 6) is -0.0602. The highest BCUT2D eigenvalue weighted by molar-refractivity contribution is 5.37. The molecule has 19 heavy (non-hydrogen) atoms. The Labute approximate surface area is 111 Å². The van der Waals surface area contributed by atoms with E-state index in [-0.39, 0.29) is 23.0 Å². The van der Waals surface area contributed by atoms with Crippen LogP contribution in [0.1, 0.15) is 5.56 Å². The molecule has 2 heterocycles. The van der Waals surface area contributed by atoms with Crippen molar-refractivity contribution < 1.29 is 18.6 Å². The van der Waals surface area contributed by atoms with Gasteiger partial charge in [-0.25, -0.2) is 4.39 Å². The molecule has 1 atom stereocenters. The first-order valence-corrected chi connectivity index (χ1v) is 6.49. The molecule has 1 N–H and O–H groups in total. The van der Waals surface area contributed by atoms with E-state index in [0.717, 1.165) is 18.7 Å². The summed E-state index contributed by atoms with van der Waals surface area (Å²) in [4.78, 5) is 0.